The summed E-state index contributed by atoms with van der Waals surface area (Å²) in [4.78, 5) is 19.0. The van der Waals surface area contributed by atoms with E-state index in [1.807, 2.05) is 40.9 Å². The Hall–Kier alpha value is -1.26. The summed E-state index contributed by atoms with van der Waals surface area (Å²) in [7, 11) is 0. The first-order chi connectivity index (χ1) is 9.66. The van der Waals surface area contributed by atoms with Crippen LogP contribution in [0, 0.1) is 0 Å². The van der Waals surface area contributed by atoms with E-state index >= 15 is 0 Å². The van der Waals surface area contributed by atoms with E-state index in [9.17, 15) is 4.79 Å². The van der Waals surface area contributed by atoms with Gasteiger partial charge in [0.2, 0.25) is 0 Å². The van der Waals surface area contributed by atoms with Gasteiger partial charge in [0.05, 0.1) is 11.1 Å². The summed E-state index contributed by atoms with van der Waals surface area (Å²) in [6.45, 7) is 2.88. The van der Waals surface area contributed by atoms with Crippen LogP contribution in [0.2, 0.25) is 5.15 Å². The van der Waals surface area contributed by atoms with Crippen molar-refractivity contribution in [2.45, 2.75) is 13.0 Å². The highest BCUT2D eigenvalue weighted by atomic mass is 35.5. The number of halogens is 1. The van der Waals surface area contributed by atoms with E-state index in [1.165, 1.54) is 0 Å². The Morgan fingerprint density at radius 1 is 1.45 bits per heavy atom. The highest BCUT2D eigenvalue weighted by Crippen LogP contribution is 2.25. The molecule has 20 heavy (non-hydrogen) atoms. The van der Waals surface area contributed by atoms with Gasteiger partial charge in [0.25, 0.3) is 5.91 Å². The summed E-state index contributed by atoms with van der Waals surface area (Å²) in [5.41, 5.74) is 1.42. The van der Waals surface area contributed by atoms with Gasteiger partial charge in [-0.2, -0.15) is 11.8 Å². The molecule has 3 rings (SSSR count). The molecule has 1 aromatic heterocycles. The molecule has 0 bridgehead atoms. The Labute approximate surface area is 127 Å². The number of benzene rings is 1. The van der Waals surface area contributed by atoms with E-state index in [-0.39, 0.29) is 11.9 Å². The number of amides is 1. The molecular weight excluding hydrogens is 292 g/mol. The lowest BCUT2D eigenvalue weighted by molar-refractivity contribution is 0.0718. The number of rotatable bonds is 1. The number of hydrogen-bond acceptors (Lipinski definition) is 3. The van der Waals surface area contributed by atoms with Gasteiger partial charge in [-0.25, -0.2) is 4.98 Å². The van der Waals surface area contributed by atoms with E-state index < -0.39 is 0 Å². The van der Waals surface area contributed by atoms with Crippen LogP contribution < -0.4 is 0 Å². The predicted octanol–water partition coefficient (Wildman–Crippen LogP) is 3.47. The minimum Gasteiger partial charge on any atom is -0.334 e. The molecule has 0 N–H and O–H groups in total. The maximum Gasteiger partial charge on any atom is 0.254 e. The Morgan fingerprint density at radius 3 is 3.05 bits per heavy atom. The monoisotopic (exact) mass is 306 g/mol. The summed E-state index contributed by atoms with van der Waals surface area (Å²) < 4.78 is 0. The number of carbonyl (C=O) groups is 1. The van der Waals surface area contributed by atoms with E-state index in [2.05, 4.69) is 11.9 Å². The predicted molar refractivity (Wildman–Crippen MR) is 84.6 cm³/mol. The van der Waals surface area contributed by atoms with Gasteiger partial charge in [-0.3, -0.25) is 4.79 Å². The van der Waals surface area contributed by atoms with Gasteiger partial charge in [-0.15, -0.1) is 0 Å². The SMILES string of the molecule is CC1CSCCN1C(=O)c1cc(Cl)nc2ccccc12. The maximum absolute atomic E-state index is 12.8. The summed E-state index contributed by atoms with van der Waals surface area (Å²) in [6, 6.07) is 9.57. The zero-order valence-corrected chi connectivity index (χ0v) is 12.7. The average Bonchev–Trinajstić information content (AvgIpc) is 2.46. The molecule has 2 aromatic rings. The molecule has 1 saturated heterocycles. The first-order valence-electron chi connectivity index (χ1n) is 6.61. The molecule has 0 aliphatic carbocycles. The first kappa shape index (κ1) is 13.7. The number of aromatic nitrogens is 1. The van der Waals surface area contributed by atoms with Crippen LogP contribution in [0.25, 0.3) is 10.9 Å². The van der Waals surface area contributed by atoms with E-state index in [0.717, 1.165) is 29.0 Å². The Balaban J connectivity index is 2.06. The third kappa shape index (κ3) is 2.50. The van der Waals surface area contributed by atoms with Gasteiger partial charge in [0.15, 0.2) is 0 Å². The number of para-hydroxylation sites is 1. The standard InChI is InChI=1S/C15H15ClN2OS/c1-10-9-20-7-6-18(10)15(19)12-8-14(16)17-13-5-3-2-4-11(12)13/h2-5,8,10H,6-7,9H2,1H3. The maximum atomic E-state index is 12.8. The molecule has 104 valence electrons. The number of pyridine rings is 1. The summed E-state index contributed by atoms with van der Waals surface area (Å²) >= 11 is 7.95. The fourth-order valence-electron chi connectivity index (χ4n) is 2.50. The topological polar surface area (TPSA) is 33.2 Å². The van der Waals surface area contributed by atoms with Crippen LogP contribution in [0.5, 0.6) is 0 Å². The number of thioether (sulfide) groups is 1. The van der Waals surface area contributed by atoms with Crippen molar-refractivity contribution in [2.24, 2.45) is 0 Å². The molecule has 1 fully saturated rings. The molecule has 1 aliphatic rings. The molecule has 0 spiro atoms. The second-order valence-corrected chi connectivity index (χ2v) is 6.47. The van der Waals surface area contributed by atoms with Gasteiger partial charge in [-0.05, 0) is 19.1 Å². The average molecular weight is 307 g/mol. The lowest BCUT2D eigenvalue weighted by Crippen LogP contribution is -2.44. The number of hydrogen-bond donors (Lipinski definition) is 0. The molecule has 1 unspecified atom stereocenters. The van der Waals surface area contributed by atoms with E-state index in [1.54, 1.807) is 6.07 Å². The van der Waals surface area contributed by atoms with Crippen molar-refractivity contribution in [3.05, 3.63) is 41.0 Å². The molecular formula is C15H15ClN2OS. The minimum atomic E-state index is 0.0540. The molecule has 0 radical (unpaired) electrons. The van der Waals surface area contributed by atoms with Crippen molar-refractivity contribution in [3.63, 3.8) is 0 Å². The van der Waals surface area contributed by atoms with Crippen LogP contribution in [0.15, 0.2) is 30.3 Å². The minimum absolute atomic E-state index is 0.0540. The van der Waals surface area contributed by atoms with Gasteiger partial charge in [0, 0.05) is 29.5 Å². The number of carbonyl (C=O) groups excluding carboxylic acids is 1. The molecule has 1 aromatic carbocycles. The van der Waals surface area contributed by atoms with E-state index in [4.69, 9.17) is 11.6 Å². The lowest BCUT2D eigenvalue weighted by atomic mass is 10.1. The molecule has 3 nitrogen and oxygen atoms in total. The second kappa shape index (κ2) is 5.62. The third-order valence-electron chi connectivity index (χ3n) is 3.54. The van der Waals surface area contributed by atoms with Gasteiger partial charge in [0.1, 0.15) is 5.15 Å². The van der Waals surface area contributed by atoms with Crippen LogP contribution in [-0.2, 0) is 0 Å². The van der Waals surface area contributed by atoms with Crippen molar-refractivity contribution in [3.8, 4) is 0 Å². The zero-order chi connectivity index (χ0) is 14.1. The fourth-order valence-corrected chi connectivity index (χ4v) is 3.72. The molecule has 1 atom stereocenters. The van der Waals surface area contributed by atoms with Crippen molar-refractivity contribution in [1.29, 1.82) is 0 Å². The van der Waals surface area contributed by atoms with Gasteiger partial charge < -0.3 is 4.90 Å². The third-order valence-corrected chi connectivity index (χ3v) is 4.93. The first-order valence-corrected chi connectivity index (χ1v) is 8.14. The zero-order valence-electron chi connectivity index (χ0n) is 11.2. The number of nitrogens with zero attached hydrogens (tertiary/aromatic N) is 2. The molecule has 1 amide bonds. The van der Waals surface area contributed by atoms with Gasteiger partial charge in [-0.1, -0.05) is 29.8 Å². The van der Waals surface area contributed by atoms with Crippen molar-refractivity contribution >= 4 is 40.2 Å². The van der Waals surface area contributed by atoms with E-state index in [0.29, 0.717) is 10.7 Å². The van der Waals surface area contributed by atoms with Crippen molar-refractivity contribution in [2.75, 3.05) is 18.1 Å². The smallest absolute Gasteiger partial charge is 0.254 e. The largest absolute Gasteiger partial charge is 0.334 e. The van der Waals surface area contributed by atoms with Crippen LogP contribution in [0.1, 0.15) is 17.3 Å². The molecule has 0 saturated carbocycles. The van der Waals surface area contributed by atoms with Crippen LogP contribution in [0.4, 0.5) is 0 Å². The summed E-state index contributed by atoms with van der Waals surface area (Å²) in [5.74, 6) is 2.04. The van der Waals surface area contributed by atoms with Crippen LogP contribution in [-0.4, -0.2) is 39.9 Å². The van der Waals surface area contributed by atoms with Crippen LogP contribution >= 0.6 is 23.4 Å². The molecule has 1 aliphatic heterocycles. The second-order valence-electron chi connectivity index (χ2n) is 4.93. The summed E-state index contributed by atoms with van der Waals surface area (Å²) in [6.07, 6.45) is 0. The lowest BCUT2D eigenvalue weighted by Gasteiger charge is -2.33. The fraction of sp³-hybridized carbons (Fsp3) is 0.333. The normalized spacial score (nSPS) is 19.3. The highest BCUT2D eigenvalue weighted by molar-refractivity contribution is 7.99. The number of fused-ring (bicyclic) bond motifs is 1. The quantitative estimate of drug-likeness (QED) is 0.756. The Bertz CT molecular complexity index is 661. The van der Waals surface area contributed by atoms with Crippen molar-refractivity contribution in [1.82, 2.24) is 9.88 Å². The van der Waals surface area contributed by atoms with Gasteiger partial charge >= 0.3 is 0 Å². The molecule has 2 heterocycles. The Morgan fingerprint density at radius 2 is 2.25 bits per heavy atom. The van der Waals surface area contributed by atoms with Crippen molar-refractivity contribution < 1.29 is 4.79 Å². The molecule has 5 heteroatoms. The van der Waals surface area contributed by atoms with Crippen LogP contribution in [0.3, 0.4) is 0 Å². The highest BCUT2D eigenvalue weighted by Gasteiger charge is 2.26. The summed E-state index contributed by atoms with van der Waals surface area (Å²) in [5, 5.41) is 1.23. The Kier molecular flexibility index (Phi) is 3.85.